The predicted molar refractivity (Wildman–Crippen MR) is 64.9 cm³/mol. The van der Waals surface area contributed by atoms with Crippen molar-refractivity contribution in [2.75, 3.05) is 12.4 Å². The number of benzene rings is 1. The number of tetrazole rings is 1. The van der Waals surface area contributed by atoms with Crippen LogP contribution in [0.1, 0.15) is 21.0 Å². The first-order valence-electron chi connectivity index (χ1n) is 5.04. The summed E-state index contributed by atoms with van der Waals surface area (Å²) in [7, 11) is 1.26. The predicted octanol–water partition coefficient (Wildman–Crippen LogP) is 0.892. The zero-order valence-corrected chi connectivity index (χ0v) is 10.4. The van der Waals surface area contributed by atoms with E-state index in [2.05, 4.69) is 30.7 Å². The highest BCUT2D eigenvalue weighted by molar-refractivity contribution is 6.34. The van der Waals surface area contributed by atoms with Gasteiger partial charge in [0.05, 0.1) is 23.4 Å². The fraction of sp³-hybridized carbons (Fsp3) is 0.100. The Morgan fingerprint density at radius 1 is 1.42 bits per heavy atom. The normalized spacial score (nSPS) is 10.0. The van der Waals surface area contributed by atoms with Crippen molar-refractivity contribution >= 4 is 29.2 Å². The van der Waals surface area contributed by atoms with Crippen LogP contribution in [0.5, 0.6) is 0 Å². The quantitative estimate of drug-likeness (QED) is 0.809. The summed E-state index contributed by atoms with van der Waals surface area (Å²) < 4.78 is 4.57. The van der Waals surface area contributed by atoms with Gasteiger partial charge in [0, 0.05) is 0 Å². The SMILES string of the molecule is COC(=O)c1ccc(Cl)c(NC(=O)c2nn[nH]n2)c1. The lowest BCUT2D eigenvalue weighted by molar-refractivity contribution is 0.0600. The zero-order chi connectivity index (χ0) is 13.8. The van der Waals surface area contributed by atoms with E-state index in [-0.39, 0.29) is 22.1 Å². The standard InChI is InChI=1S/C10H8ClN5O3/c1-19-10(18)5-2-3-6(11)7(4-5)12-9(17)8-13-15-16-14-8/h2-4H,1H3,(H,12,17)(H,13,14,15,16). The molecule has 0 atom stereocenters. The van der Waals surface area contributed by atoms with Crippen LogP contribution < -0.4 is 5.32 Å². The number of halogens is 1. The van der Waals surface area contributed by atoms with Crippen molar-refractivity contribution in [1.82, 2.24) is 20.6 Å². The molecule has 9 heteroatoms. The summed E-state index contributed by atoms with van der Waals surface area (Å²) >= 11 is 5.92. The number of hydrogen-bond acceptors (Lipinski definition) is 6. The Morgan fingerprint density at radius 2 is 2.21 bits per heavy atom. The van der Waals surface area contributed by atoms with Crippen molar-refractivity contribution in [2.24, 2.45) is 0 Å². The Morgan fingerprint density at radius 3 is 2.84 bits per heavy atom. The molecule has 0 aliphatic carbocycles. The summed E-state index contributed by atoms with van der Waals surface area (Å²) in [4.78, 5) is 23.1. The van der Waals surface area contributed by atoms with Gasteiger partial charge in [0.2, 0.25) is 0 Å². The summed E-state index contributed by atoms with van der Waals surface area (Å²) in [5.41, 5.74) is 0.509. The van der Waals surface area contributed by atoms with Gasteiger partial charge in [0.25, 0.3) is 11.7 Å². The molecule has 19 heavy (non-hydrogen) atoms. The van der Waals surface area contributed by atoms with Gasteiger partial charge in [0.15, 0.2) is 0 Å². The smallest absolute Gasteiger partial charge is 0.337 e. The van der Waals surface area contributed by atoms with E-state index in [4.69, 9.17) is 11.6 Å². The number of methoxy groups -OCH3 is 1. The third kappa shape index (κ3) is 2.86. The van der Waals surface area contributed by atoms with E-state index in [9.17, 15) is 9.59 Å². The monoisotopic (exact) mass is 281 g/mol. The lowest BCUT2D eigenvalue weighted by atomic mass is 10.2. The number of nitrogens with one attached hydrogen (secondary N) is 2. The van der Waals surface area contributed by atoms with E-state index in [0.29, 0.717) is 0 Å². The van der Waals surface area contributed by atoms with Crippen LogP contribution >= 0.6 is 11.6 Å². The van der Waals surface area contributed by atoms with E-state index in [1.807, 2.05) is 0 Å². The van der Waals surface area contributed by atoms with E-state index in [1.54, 1.807) is 0 Å². The molecule has 0 spiro atoms. The van der Waals surface area contributed by atoms with Gasteiger partial charge < -0.3 is 10.1 Å². The van der Waals surface area contributed by atoms with Crippen LogP contribution in [0.3, 0.4) is 0 Å². The van der Waals surface area contributed by atoms with Crippen LogP contribution in [0.2, 0.25) is 5.02 Å². The van der Waals surface area contributed by atoms with Crippen molar-refractivity contribution < 1.29 is 14.3 Å². The van der Waals surface area contributed by atoms with Gasteiger partial charge in [0.1, 0.15) is 0 Å². The minimum absolute atomic E-state index is 0.139. The number of carbonyl (C=O) groups excluding carboxylic acids is 2. The number of anilines is 1. The molecular weight excluding hydrogens is 274 g/mol. The lowest BCUT2D eigenvalue weighted by Crippen LogP contribution is -2.14. The number of hydrogen-bond donors (Lipinski definition) is 2. The molecule has 0 radical (unpaired) electrons. The molecule has 0 aliphatic rings. The summed E-state index contributed by atoms with van der Waals surface area (Å²) in [5.74, 6) is -1.27. The van der Waals surface area contributed by atoms with Crippen LogP contribution in [0.4, 0.5) is 5.69 Å². The second-order valence-corrected chi connectivity index (χ2v) is 3.78. The Labute approximate surface area is 112 Å². The number of rotatable bonds is 3. The van der Waals surface area contributed by atoms with E-state index in [0.717, 1.165) is 0 Å². The topological polar surface area (TPSA) is 110 Å². The Balaban J connectivity index is 2.24. The average molecular weight is 282 g/mol. The van der Waals surface area contributed by atoms with E-state index in [1.165, 1.54) is 25.3 Å². The van der Waals surface area contributed by atoms with Crippen LogP contribution in [0.25, 0.3) is 0 Å². The Hall–Kier alpha value is -2.48. The first kappa shape index (κ1) is 13.0. The number of nitrogens with zero attached hydrogens (tertiary/aromatic N) is 3. The molecule has 0 unspecified atom stereocenters. The highest BCUT2D eigenvalue weighted by Gasteiger charge is 2.14. The van der Waals surface area contributed by atoms with Crippen molar-refractivity contribution in [3.8, 4) is 0 Å². The molecule has 1 heterocycles. The fourth-order valence-electron chi connectivity index (χ4n) is 1.30. The molecule has 0 aliphatic heterocycles. The minimum atomic E-state index is -0.599. The first-order valence-corrected chi connectivity index (χ1v) is 5.42. The number of ether oxygens (including phenoxy) is 1. The summed E-state index contributed by atoms with van der Waals surface area (Å²) in [6, 6.07) is 4.35. The minimum Gasteiger partial charge on any atom is -0.465 e. The summed E-state index contributed by atoms with van der Waals surface area (Å²) in [5, 5.41) is 15.2. The second kappa shape index (κ2) is 5.44. The molecule has 1 amide bonds. The maximum atomic E-state index is 11.7. The van der Waals surface area contributed by atoms with E-state index >= 15 is 0 Å². The first-order chi connectivity index (χ1) is 9.11. The molecule has 98 valence electrons. The zero-order valence-electron chi connectivity index (χ0n) is 9.68. The highest BCUT2D eigenvalue weighted by atomic mass is 35.5. The summed E-state index contributed by atoms with van der Waals surface area (Å²) in [6.45, 7) is 0. The van der Waals surface area contributed by atoms with Crippen molar-refractivity contribution in [3.05, 3.63) is 34.6 Å². The molecule has 0 saturated carbocycles. The largest absolute Gasteiger partial charge is 0.465 e. The van der Waals surface area contributed by atoms with Crippen LogP contribution in [0, 0.1) is 0 Å². The second-order valence-electron chi connectivity index (χ2n) is 3.38. The third-order valence-corrected chi connectivity index (χ3v) is 2.51. The number of aromatic nitrogens is 4. The number of esters is 1. The van der Waals surface area contributed by atoms with E-state index < -0.39 is 11.9 Å². The number of H-pyrrole nitrogens is 1. The highest BCUT2D eigenvalue weighted by Crippen LogP contribution is 2.23. The molecule has 8 nitrogen and oxygen atoms in total. The third-order valence-electron chi connectivity index (χ3n) is 2.18. The van der Waals surface area contributed by atoms with Crippen LogP contribution in [0.15, 0.2) is 18.2 Å². The van der Waals surface area contributed by atoms with Gasteiger partial charge in [-0.15, -0.1) is 10.2 Å². The molecule has 1 aromatic carbocycles. The van der Waals surface area contributed by atoms with Gasteiger partial charge in [-0.3, -0.25) is 4.79 Å². The number of aromatic amines is 1. The average Bonchev–Trinajstić information content (AvgIpc) is 2.94. The Kier molecular flexibility index (Phi) is 3.71. The molecular formula is C10H8ClN5O3. The molecule has 1 aromatic heterocycles. The van der Waals surface area contributed by atoms with Gasteiger partial charge in [-0.05, 0) is 23.4 Å². The Bertz CT molecular complexity index is 614. The molecule has 0 bridgehead atoms. The molecule has 2 rings (SSSR count). The van der Waals surface area contributed by atoms with Crippen molar-refractivity contribution in [2.45, 2.75) is 0 Å². The maximum Gasteiger partial charge on any atom is 0.337 e. The number of carbonyl (C=O) groups is 2. The fourth-order valence-corrected chi connectivity index (χ4v) is 1.47. The van der Waals surface area contributed by atoms with Crippen molar-refractivity contribution in [1.29, 1.82) is 0 Å². The molecule has 2 N–H and O–H groups in total. The maximum absolute atomic E-state index is 11.7. The van der Waals surface area contributed by atoms with Crippen LogP contribution in [-0.2, 0) is 4.74 Å². The van der Waals surface area contributed by atoms with Gasteiger partial charge >= 0.3 is 5.97 Å². The van der Waals surface area contributed by atoms with Crippen LogP contribution in [-0.4, -0.2) is 39.6 Å². The molecule has 0 fully saturated rings. The lowest BCUT2D eigenvalue weighted by Gasteiger charge is -2.07. The van der Waals surface area contributed by atoms with Gasteiger partial charge in [-0.2, -0.15) is 5.21 Å². The van der Waals surface area contributed by atoms with Gasteiger partial charge in [-0.1, -0.05) is 11.6 Å². The van der Waals surface area contributed by atoms with Crippen molar-refractivity contribution in [3.63, 3.8) is 0 Å². The summed E-state index contributed by atoms with van der Waals surface area (Å²) in [6.07, 6.45) is 0. The molecule has 2 aromatic rings. The number of amides is 1. The molecule has 0 saturated heterocycles. The van der Waals surface area contributed by atoms with Gasteiger partial charge in [-0.25, -0.2) is 4.79 Å².